The zero-order valence-electron chi connectivity index (χ0n) is 12.6. The van der Waals surface area contributed by atoms with E-state index < -0.39 is 0 Å². The standard InChI is InChI=1S/C18H20O4/c1-10-11(2)18(13-5-8-15(20)16(21)9-13)22-17(10)12-3-6-14(19)7-4-12/h3-11,17-21H,1-2H3/t10-,11-,17-,18-/m1/s1. The SMILES string of the molecule is C[C@@H]1[C@@H](C)[C@H](c2ccc(O)c(O)c2)O[C@H]1c1ccc(O)cc1. The fourth-order valence-electron chi connectivity index (χ4n) is 3.10. The molecule has 116 valence electrons. The normalized spacial score (nSPS) is 27.9. The number of rotatable bonds is 2. The number of aromatic hydroxyl groups is 3. The summed E-state index contributed by atoms with van der Waals surface area (Å²) in [5.74, 6) is 0.544. The Labute approximate surface area is 129 Å². The van der Waals surface area contributed by atoms with Crippen LogP contribution in [0.4, 0.5) is 0 Å². The van der Waals surface area contributed by atoms with Gasteiger partial charge >= 0.3 is 0 Å². The molecule has 0 amide bonds. The van der Waals surface area contributed by atoms with Crippen molar-refractivity contribution in [3.63, 3.8) is 0 Å². The minimum atomic E-state index is -0.139. The third-order valence-corrected chi connectivity index (χ3v) is 4.63. The van der Waals surface area contributed by atoms with Crippen molar-refractivity contribution in [3.8, 4) is 17.2 Å². The van der Waals surface area contributed by atoms with Gasteiger partial charge in [-0.15, -0.1) is 0 Å². The summed E-state index contributed by atoms with van der Waals surface area (Å²) in [6, 6.07) is 11.9. The predicted molar refractivity (Wildman–Crippen MR) is 82.8 cm³/mol. The van der Waals surface area contributed by atoms with Gasteiger partial charge in [-0.05, 0) is 47.2 Å². The van der Waals surface area contributed by atoms with Crippen molar-refractivity contribution < 1.29 is 20.1 Å². The molecule has 4 atom stereocenters. The first-order chi connectivity index (χ1) is 10.5. The third kappa shape index (κ3) is 2.50. The second-order valence-corrected chi connectivity index (χ2v) is 6.04. The molecule has 1 aliphatic rings. The van der Waals surface area contributed by atoms with Gasteiger partial charge in [-0.2, -0.15) is 0 Å². The summed E-state index contributed by atoms with van der Waals surface area (Å²) in [4.78, 5) is 0. The van der Waals surface area contributed by atoms with Gasteiger partial charge in [-0.25, -0.2) is 0 Å². The number of ether oxygens (including phenoxy) is 1. The first-order valence-corrected chi connectivity index (χ1v) is 7.43. The van der Waals surface area contributed by atoms with Crippen LogP contribution in [0.1, 0.15) is 37.2 Å². The fraction of sp³-hybridized carbons (Fsp3) is 0.333. The summed E-state index contributed by atoms with van der Waals surface area (Å²) in [5, 5.41) is 28.6. The van der Waals surface area contributed by atoms with Gasteiger partial charge in [-0.3, -0.25) is 0 Å². The van der Waals surface area contributed by atoms with E-state index in [1.165, 1.54) is 6.07 Å². The molecule has 3 rings (SSSR count). The molecular weight excluding hydrogens is 280 g/mol. The van der Waals surface area contributed by atoms with Gasteiger partial charge in [0, 0.05) is 0 Å². The summed E-state index contributed by atoms with van der Waals surface area (Å²) >= 11 is 0. The van der Waals surface area contributed by atoms with Gasteiger partial charge in [0.15, 0.2) is 11.5 Å². The Balaban J connectivity index is 1.89. The molecule has 0 aromatic heterocycles. The van der Waals surface area contributed by atoms with Crippen molar-refractivity contribution in [2.45, 2.75) is 26.1 Å². The highest BCUT2D eigenvalue weighted by Gasteiger charge is 2.40. The average molecular weight is 300 g/mol. The second-order valence-electron chi connectivity index (χ2n) is 6.04. The van der Waals surface area contributed by atoms with Crippen LogP contribution in [0.5, 0.6) is 17.2 Å². The van der Waals surface area contributed by atoms with E-state index in [2.05, 4.69) is 13.8 Å². The van der Waals surface area contributed by atoms with Crippen molar-refractivity contribution in [2.75, 3.05) is 0 Å². The van der Waals surface area contributed by atoms with Gasteiger partial charge in [0.05, 0.1) is 12.2 Å². The zero-order chi connectivity index (χ0) is 15.9. The molecule has 0 aliphatic carbocycles. The lowest BCUT2D eigenvalue weighted by Gasteiger charge is -2.16. The zero-order valence-corrected chi connectivity index (χ0v) is 12.6. The Morgan fingerprint density at radius 2 is 1.27 bits per heavy atom. The number of hydrogen-bond acceptors (Lipinski definition) is 4. The van der Waals surface area contributed by atoms with Crippen LogP contribution in [0.25, 0.3) is 0 Å². The first-order valence-electron chi connectivity index (χ1n) is 7.43. The van der Waals surface area contributed by atoms with Gasteiger partial charge < -0.3 is 20.1 Å². The molecule has 4 heteroatoms. The summed E-state index contributed by atoms with van der Waals surface area (Å²) in [7, 11) is 0. The monoisotopic (exact) mass is 300 g/mol. The molecule has 1 aliphatic heterocycles. The lowest BCUT2D eigenvalue weighted by molar-refractivity contribution is 0.0289. The molecule has 0 radical (unpaired) electrons. The van der Waals surface area contributed by atoms with E-state index in [1.807, 2.05) is 12.1 Å². The highest BCUT2D eigenvalue weighted by Crippen LogP contribution is 2.49. The Morgan fingerprint density at radius 3 is 1.86 bits per heavy atom. The summed E-state index contributed by atoms with van der Waals surface area (Å²) in [5.41, 5.74) is 1.89. The van der Waals surface area contributed by atoms with Crippen molar-refractivity contribution in [1.82, 2.24) is 0 Å². The lowest BCUT2D eigenvalue weighted by atomic mass is 9.85. The molecule has 0 bridgehead atoms. The smallest absolute Gasteiger partial charge is 0.157 e. The minimum Gasteiger partial charge on any atom is -0.508 e. The van der Waals surface area contributed by atoms with Crippen molar-refractivity contribution >= 4 is 0 Å². The first kappa shape index (κ1) is 14.7. The predicted octanol–water partition coefficient (Wildman–Crippen LogP) is 3.89. The van der Waals surface area contributed by atoms with E-state index in [9.17, 15) is 15.3 Å². The van der Waals surface area contributed by atoms with Gasteiger partial charge in [0.1, 0.15) is 5.75 Å². The molecule has 4 nitrogen and oxygen atoms in total. The third-order valence-electron chi connectivity index (χ3n) is 4.63. The molecule has 0 saturated carbocycles. The Bertz CT molecular complexity index is 665. The Morgan fingerprint density at radius 1 is 0.727 bits per heavy atom. The highest BCUT2D eigenvalue weighted by atomic mass is 16.5. The van der Waals surface area contributed by atoms with E-state index in [1.54, 1.807) is 24.3 Å². The second kappa shape index (κ2) is 5.54. The van der Waals surface area contributed by atoms with Gasteiger partial charge in [-0.1, -0.05) is 32.0 Å². The van der Waals surface area contributed by atoms with Crippen molar-refractivity contribution in [3.05, 3.63) is 53.6 Å². The fourth-order valence-corrected chi connectivity index (χ4v) is 3.10. The topological polar surface area (TPSA) is 69.9 Å². The van der Waals surface area contributed by atoms with Crippen LogP contribution < -0.4 is 0 Å². The maximum Gasteiger partial charge on any atom is 0.157 e. The van der Waals surface area contributed by atoms with Gasteiger partial charge in [0.2, 0.25) is 0 Å². The van der Waals surface area contributed by atoms with Crippen LogP contribution in [-0.4, -0.2) is 15.3 Å². The number of hydrogen-bond donors (Lipinski definition) is 3. The summed E-state index contributed by atoms with van der Waals surface area (Å²) < 4.78 is 6.22. The van der Waals surface area contributed by atoms with Crippen LogP contribution in [0.15, 0.2) is 42.5 Å². The van der Waals surface area contributed by atoms with E-state index in [-0.39, 0.29) is 35.4 Å². The highest BCUT2D eigenvalue weighted by molar-refractivity contribution is 5.41. The van der Waals surface area contributed by atoms with E-state index in [0.29, 0.717) is 5.92 Å². The minimum absolute atomic E-state index is 0.0588. The maximum atomic E-state index is 9.69. The van der Waals surface area contributed by atoms with Gasteiger partial charge in [0.25, 0.3) is 0 Å². The average Bonchev–Trinajstić information content (AvgIpc) is 2.79. The lowest BCUT2D eigenvalue weighted by Crippen LogP contribution is -2.09. The Hall–Kier alpha value is -2.20. The molecule has 0 spiro atoms. The maximum absolute atomic E-state index is 9.69. The molecule has 3 N–H and O–H groups in total. The molecule has 1 fully saturated rings. The van der Waals surface area contributed by atoms with Crippen LogP contribution >= 0.6 is 0 Å². The molecule has 1 saturated heterocycles. The summed E-state index contributed by atoms with van der Waals surface area (Å²) in [6.07, 6.45) is -0.197. The van der Waals surface area contributed by atoms with Crippen LogP contribution in [-0.2, 0) is 4.74 Å². The van der Waals surface area contributed by atoms with Crippen molar-refractivity contribution in [1.29, 1.82) is 0 Å². The molecule has 2 aromatic rings. The quantitative estimate of drug-likeness (QED) is 0.736. The van der Waals surface area contributed by atoms with E-state index >= 15 is 0 Å². The molecule has 1 heterocycles. The Kier molecular flexibility index (Phi) is 3.71. The number of phenolic OH excluding ortho intramolecular Hbond substituents is 3. The van der Waals surface area contributed by atoms with E-state index in [0.717, 1.165) is 11.1 Å². The largest absolute Gasteiger partial charge is 0.508 e. The molecular formula is C18H20O4. The van der Waals surface area contributed by atoms with E-state index in [4.69, 9.17) is 4.74 Å². The van der Waals surface area contributed by atoms with Crippen molar-refractivity contribution in [2.24, 2.45) is 11.8 Å². The van der Waals surface area contributed by atoms with Crippen LogP contribution in [0, 0.1) is 11.8 Å². The molecule has 2 aromatic carbocycles. The molecule has 0 unspecified atom stereocenters. The molecule has 22 heavy (non-hydrogen) atoms. The number of benzene rings is 2. The number of phenols is 3. The van der Waals surface area contributed by atoms with Crippen LogP contribution in [0.3, 0.4) is 0 Å². The van der Waals surface area contributed by atoms with Crippen LogP contribution in [0.2, 0.25) is 0 Å². The summed E-state index contributed by atoms with van der Waals surface area (Å²) in [6.45, 7) is 4.27.